The minimum absolute atomic E-state index is 0. The fourth-order valence-electron chi connectivity index (χ4n) is 1.76. The van der Waals surface area contributed by atoms with E-state index >= 15 is 0 Å². The molecule has 0 unspecified atom stereocenters. The molecule has 1 N–H and O–H groups in total. The van der Waals surface area contributed by atoms with Crippen LogP contribution < -0.4 is 0 Å². The second-order valence-electron chi connectivity index (χ2n) is 4.36. The molecular formula is C14H26O2Y. The van der Waals surface area contributed by atoms with Gasteiger partial charge in [-0.15, -0.1) is 0 Å². The normalized spacial score (nSPS) is 10.4. The van der Waals surface area contributed by atoms with Gasteiger partial charge in [-0.2, -0.15) is 0 Å². The van der Waals surface area contributed by atoms with Crippen LogP contribution in [0, 0.1) is 0 Å². The summed E-state index contributed by atoms with van der Waals surface area (Å²) >= 11 is 0. The molecule has 0 aromatic carbocycles. The van der Waals surface area contributed by atoms with Crippen molar-refractivity contribution in [3.63, 3.8) is 0 Å². The number of unbranched alkanes of at least 4 members (excludes halogenated alkanes) is 9. The Bertz CT molecular complexity index is 191. The Morgan fingerprint density at radius 2 is 1.41 bits per heavy atom. The van der Waals surface area contributed by atoms with E-state index in [9.17, 15) is 4.79 Å². The van der Waals surface area contributed by atoms with Crippen LogP contribution in [-0.2, 0) is 37.5 Å². The van der Waals surface area contributed by atoms with E-state index in [0.29, 0.717) is 0 Å². The predicted molar refractivity (Wildman–Crippen MR) is 68.6 cm³/mol. The molecule has 97 valence electrons. The van der Waals surface area contributed by atoms with E-state index in [0.717, 1.165) is 12.8 Å². The van der Waals surface area contributed by atoms with Crippen LogP contribution in [0.4, 0.5) is 0 Å². The van der Waals surface area contributed by atoms with Crippen LogP contribution in [0.2, 0.25) is 0 Å². The molecule has 2 nitrogen and oxygen atoms in total. The second kappa shape index (κ2) is 16.3. The summed E-state index contributed by atoms with van der Waals surface area (Å²) in [6.07, 6.45) is 15.7. The van der Waals surface area contributed by atoms with Gasteiger partial charge in [0.2, 0.25) is 0 Å². The molecule has 0 aliphatic heterocycles. The standard InChI is InChI=1S/C14H26O2.Y/c1-2-3-4-5-6-7-8-9-10-11-12-13-14(15)16;/h12-13H,2-11H2,1H3,(H,15,16);. The number of hydrogen-bond acceptors (Lipinski definition) is 1. The van der Waals surface area contributed by atoms with Gasteiger partial charge in [0.25, 0.3) is 0 Å². The summed E-state index contributed by atoms with van der Waals surface area (Å²) in [6, 6.07) is 0. The molecule has 0 saturated carbocycles. The number of aliphatic carboxylic acids is 1. The molecule has 0 aromatic rings. The van der Waals surface area contributed by atoms with Gasteiger partial charge in [-0.05, 0) is 12.8 Å². The van der Waals surface area contributed by atoms with Crippen molar-refractivity contribution in [3.05, 3.63) is 12.2 Å². The Morgan fingerprint density at radius 1 is 0.941 bits per heavy atom. The van der Waals surface area contributed by atoms with Crippen molar-refractivity contribution >= 4 is 5.97 Å². The number of hydrogen-bond donors (Lipinski definition) is 1. The predicted octanol–water partition coefficient (Wildman–Crippen LogP) is 4.55. The summed E-state index contributed by atoms with van der Waals surface area (Å²) in [6.45, 7) is 2.24. The van der Waals surface area contributed by atoms with Gasteiger partial charge in [0, 0.05) is 38.8 Å². The van der Waals surface area contributed by atoms with Gasteiger partial charge in [0.1, 0.15) is 0 Å². The number of carbonyl (C=O) groups is 1. The molecule has 0 fully saturated rings. The van der Waals surface area contributed by atoms with Crippen LogP contribution in [0.3, 0.4) is 0 Å². The third kappa shape index (κ3) is 18.9. The van der Waals surface area contributed by atoms with Gasteiger partial charge >= 0.3 is 5.97 Å². The second-order valence-corrected chi connectivity index (χ2v) is 4.36. The van der Waals surface area contributed by atoms with Crippen molar-refractivity contribution in [2.45, 2.75) is 71.1 Å². The summed E-state index contributed by atoms with van der Waals surface area (Å²) in [5.41, 5.74) is 0. The monoisotopic (exact) mass is 315 g/mol. The number of rotatable bonds is 11. The Labute approximate surface area is 131 Å². The molecule has 0 amide bonds. The first-order chi connectivity index (χ1) is 7.77. The molecule has 0 aromatic heterocycles. The maximum Gasteiger partial charge on any atom is 0.327 e. The zero-order valence-electron chi connectivity index (χ0n) is 11.2. The third-order valence-electron chi connectivity index (χ3n) is 2.73. The van der Waals surface area contributed by atoms with Gasteiger partial charge in [-0.1, -0.05) is 64.4 Å². The van der Waals surface area contributed by atoms with Crippen molar-refractivity contribution < 1.29 is 42.6 Å². The summed E-state index contributed by atoms with van der Waals surface area (Å²) in [7, 11) is 0. The van der Waals surface area contributed by atoms with Crippen LogP contribution in [0.25, 0.3) is 0 Å². The van der Waals surface area contributed by atoms with E-state index < -0.39 is 5.97 Å². The van der Waals surface area contributed by atoms with Crippen molar-refractivity contribution in [2.75, 3.05) is 0 Å². The third-order valence-corrected chi connectivity index (χ3v) is 2.73. The van der Waals surface area contributed by atoms with Crippen molar-refractivity contribution in [1.29, 1.82) is 0 Å². The van der Waals surface area contributed by atoms with Gasteiger partial charge in [0.05, 0.1) is 0 Å². The minimum atomic E-state index is -0.837. The Morgan fingerprint density at radius 3 is 1.88 bits per heavy atom. The fraction of sp³-hybridized carbons (Fsp3) is 0.786. The molecule has 3 heteroatoms. The van der Waals surface area contributed by atoms with Gasteiger partial charge in [0.15, 0.2) is 0 Å². The van der Waals surface area contributed by atoms with E-state index in [1.807, 2.05) is 0 Å². The largest absolute Gasteiger partial charge is 0.478 e. The molecule has 0 bridgehead atoms. The zero-order valence-corrected chi connectivity index (χ0v) is 14.0. The van der Waals surface area contributed by atoms with E-state index in [4.69, 9.17) is 5.11 Å². The van der Waals surface area contributed by atoms with Crippen molar-refractivity contribution in [2.24, 2.45) is 0 Å². The molecule has 0 spiro atoms. The Balaban J connectivity index is 0. The molecular weight excluding hydrogens is 289 g/mol. The quantitative estimate of drug-likeness (QED) is 0.449. The maximum absolute atomic E-state index is 10.2. The number of carboxylic acid groups (broad SMARTS) is 1. The van der Waals surface area contributed by atoms with Gasteiger partial charge < -0.3 is 5.11 Å². The Kier molecular flexibility index (Phi) is 18.9. The summed E-state index contributed by atoms with van der Waals surface area (Å²) in [5, 5.41) is 8.37. The maximum atomic E-state index is 10.2. The van der Waals surface area contributed by atoms with Crippen molar-refractivity contribution in [1.82, 2.24) is 0 Å². The van der Waals surface area contributed by atoms with Crippen molar-refractivity contribution in [3.8, 4) is 0 Å². The van der Waals surface area contributed by atoms with E-state index in [-0.39, 0.29) is 32.7 Å². The van der Waals surface area contributed by atoms with Gasteiger partial charge in [-0.3, -0.25) is 0 Å². The molecule has 0 atom stereocenters. The summed E-state index contributed by atoms with van der Waals surface area (Å²) < 4.78 is 0. The van der Waals surface area contributed by atoms with Crippen LogP contribution in [0.1, 0.15) is 71.1 Å². The first-order valence-electron chi connectivity index (χ1n) is 6.67. The molecule has 1 radical (unpaired) electrons. The SMILES string of the molecule is CCCCCCCCCCCC=CC(=O)O.[Y]. The molecule has 0 aliphatic rings. The van der Waals surface area contributed by atoms with E-state index in [1.165, 1.54) is 57.4 Å². The van der Waals surface area contributed by atoms with E-state index in [2.05, 4.69) is 6.92 Å². The average Bonchev–Trinajstić information content (AvgIpc) is 2.25. The minimum Gasteiger partial charge on any atom is -0.478 e. The molecule has 17 heavy (non-hydrogen) atoms. The van der Waals surface area contributed by atoms with E-state index in [1.54, 1.807) is 6.08 Å². The molecule has 0 rings (SSSR count). The summed E-state index contributed by atoms with van der Waals surface area (Å²) in [4.78, 5) is 10.2. The van der Waals surface area contributed by atoms with Crippen LogP contribution in [0.15, 0.2) is 12.2 Å². The first kappa shape index (κ1) is 19.6. The molecule has 0 saturated heterocycles. The van der Waals surface area contributed by atoms with Gasteiger partial charge in [-0.25, -0.2) is 4.79 Å². The Hall–Kier alpha value is 0.314. The number of carboxylic acids is 1. The first-order valence-corrected chi connectivity index (χ1v) is 6.67. The smallest absolute Gasteiger partial charge is 0.327 e. The zero-order chi connectivity index (χ0) is 12.1. The fourth-order valence-corrected chi connectivity index (χ4v) is 1.76. The summed E-state index contributed by atoms with van der Waals surface area (Å²) in [5.74, 6) is -0.837. The number of allylic oxidation sites excluding steroid dienone is 1. The topological polar surface area (TPSA) is 37.3 Å². The average molecular weight is 315 g/mol. The van der Waals surface area contributed by atoms with Crippen LogP contribution >= 0.6 is 0 Å². The molecule has 0 aliphatic carbocycles. The van der Waals surface area contributed by atoms with Crippen LogP contribution in [0.5, 0.6) is 0 Å². The van der Waals surface area contributed by atoms with Crippen LogP contribution in [-0.4, -0.2) is 11.1 Å². The molecule has 0 heterocycles.